The first-order valence-electron chi connectivity index (χ1n) is 4.05. The van der Waals surface area contributed by atoms with Gasteiger partial charge in [0, 0.05) is 18.0 Å². The third-order valence-electron chi connectivity index (χ3n) is 1.91. The minimum Gasteiger partial charge on any atom is -0.343 e. The van der Waals surface area contributed by atoms with Gasteiger partial charge in [0.2, 0.25) is 0 Å². The van der Waals surface area contributed by atoms with Crippen LogP contribution in [0.4, 0.5) is 0 Å². The summed E-state index contributed by atoms with van der Waals surface area (Å²) in [6.45, 7) is 0. The lowest BCUT2D eigenvalue weighted by Gasteiger charge is -1.95. The maximum atomic E-state index is 10.5. The molecular formula is C10H7ClN2O. The quantitative estimate of drug-likeness (QED) is 0.768. The molecule has 2 aromatic heterocycles. The summed E-state index contributed by atoms with van der Waals surface area (Å²) in [6.07, 6.45) is 4.09. The Morgan fingerprint density at radius 1 is 1.36 bits per heavy atom. The maximum Gasteiger partial charge on any atom is 0.166 e. The number of nitrogens with zero attached hydrogens (tertiary/aromatic N) is 1. The molecule has 0 unspecified atom stereocenters. The van der Waals surface area contributed by atoms with Crippen molar-refractivity contribution in [1.82, 2.24) is 9.97 Å². The van der Waals surface area contributed by atoms with Crippen molar-refractivity contribution in [2.75, 3.05) is 0 Å². The van der Waals surface area contributed by atoms with Crippen LogP contribution in [-0.2, 0) is 0 Å². The van der Waals surface area contributed by atoms with E-state index in [0.717, 1.165) is 17.4 Å². The average Bonchev–Trinajstić information content (AvgIpc) is 2.61. The van der Waals surface area contributed by atoms with Crippen LogP contribution in [0.5, 0.6) is 0 Å². The van der Waals surface area contributed by atoms with Crippen LogP contribution in [0.15, 0.2) is 30.6 Å². The molecular weight excluding hydrogens is 200 g/mol. The molecule has 0 atom stereocenters. The fourth-order valence-electron chi connectivity index (χ4n) is 1.25. The van der Waals surface area contributed by atoms with Crippen molar-refractivity contribution in [3.63, 3.8) is 0 Å². The number of aromatic amines is 1. The molecule has 0 radical (unpaired) electrons. The van der Waals surface area contributed by atoms with Crippen molar-refractivity contribution < 1.29 is 4.79 Å². The second-order valence-electron chi connectivity index (χ2n) is 2.81. The zero-order valence-corrected chi connectivity index (χ0v) is 7.95. The minimum absolute atomic E-state index is 0.471. The van der Waals surface area contributed by atoms with Gasteiger partial charge in [0.25, 0.3) is 0 Å². The van der Waals surface area contributed by atoms with Gasteiger partial charge in [0.05, 0.1) is 5.69 Å². The number of carbonyl (C=O) groups is 1. The molecule has 0 amide bonds. The van der Waals surface area contributed by atoms with Gasteiger partial charge >= 0.3 is 0 Å². The molecule has 0 aliphatic rings. The number of hydrogen-bond acceptors (Lipinski definition) is 2. The minimum atomic E-state index is 0.471. The van der Waals surface area contributed by atoms with Crippen LogP contribution in [0.3, 0.4) is 0 Å². The first-order valence-corrected chi connectivity index (χ1v) is 4.43. The monoisotopic (exact) mass is 206 g/mol. The summed E-state index contributed by atoms with van der Waals surface area (Å²) >= 11 is 5.92. The summed E-state index contributed by atoms with van der Waals surface area (Å²) in [5, 5.41) is 0.471. The van der Waals surface area contributed by atoms with E-state index >= 15 is 0 Å². The van der Waals surface area contributed by atoms with Crippen molar-refractivity contribution >= 4 is 17.9 Å². The highest BCUT2D eigenvalue weighted by Crippen LogP contribution is 2.27. The summed E-state index contributed by atoms with van der Waals surface area (Å²) in [7, 11) is 0. The first kappa shape index (κ1) is 8.97. The van der Waals surface area contributed by atoms with Crippen molar-refractivity contribution in [3.05, 3.63) is 41.4 Å². The normalized spacial score (nSPS) is 10.1. The Bertz CT molecular complexity index is 450. The number of rotatable bonds is 2. The van der Waals surface area contributed by atoms with Gasteiger partial charge in [-0.2, -0.15) is 0 Å². The van der Waals surface area contributed by atoms with Crippen molar-refractivity contribution in [3.8, 4) is 11.1 Å². The van der Waals surface area contributed by atoms with Gasteiger partial charge in [-0.25, -0.2) is 0 Å². The van der Waals surface area contributed by atoms with E-state index in [1.54, 1.807) is 18.5 Å². The zero-order chi connectivity index (χ0) is 9.97. The second-order valence-corrected chi connectivity index (χ2v) is 3.18. The number of hydrogen-bond donors (Lipinski definition) is 1. The van der Waals surface area contributed by atoms with Crippen LogP contribution in [0.2, 0.25) is 5.15 Å². The highest BCUT2D eigenvalue weighted by Gasteiger charge is 2.06. The second kappa shape index (κ2) is 3.64. The van der Waals surface area contributed by atoms with E-state index in [4.69, 9.17) is 11.6 Å². The lowest BCUT2D eigenvalue weighted by atomic mass is 10.1. The molecule has 0 bridgehead atoms. The summed E-state index contributed by atoms with van der Waals surface area (Å²) in [4.78, 5) is 17.2. The van der Waals surface area contributed by atoms with Crippen LogP contribution < -0.4 is 0 Å². The zero-order valence-electron chi connectivity index (χ0n) is 7.20. The lowest BCUT2D eigenvalue weighted by Crippen LogP contribution is -1.75. The average molecular weight is 207 g/mol. The molecule has 0 saturated heterocycles. The molecule has 2 aromatic rings. The van der Waals surface area contributed by atoms with E-state index in [2.05, 4.69) is 9.97 Å². The van der Waals surface area contributed by atoms with E-state index < -0.39 is 0 Å². The molecule has 14 heavy (non-hydrogen) atoms. The predicted molar refractivity (Wildman–Crippen MR) is 54.4 cm³/mol. The van der Waals surface area contributed by atoms with Gasteiger partial charge < -0.3 is 4.98 Å². The van der Waals surface area contributed by atoms with E-state index in [-0.39, 0.29) is 0 Å². The number of carbonyl (C=O) groups excluding carboxylic acids is 1. The SMILES string of the molecule is O=Cc1cc(-c2ccncc2)c(Cl)[nH]1. The van der Waals surface area contributed by atoms with Crippen LogP contribution in [0, 0.1) is 0 Å². The molecule has 1 N–H and O–H groups in total. The molecule has 4 heteroatoms. The third-order valence-corrected chi connectivity index (χ3v) is 2.21. The first-order chi connectivity index (χ1) is 6.81. The van der Waals surface area contributed by atoms with Gasteiger partial charge in [-0.3, -0.25) is 9.78 Å². The highest BCUT2D eigenvalue weighted by atomic mass is 35.5. The predicted octanol–water partition coefficient (Wildman–Crippen LogP) is 2.54. The number of aldehydes is 1. The summed E-state index contributed by atoms with van der Waals surface area (Å²) in [5.74, 6) is 0. The molecule has 0 saturated carbocycles. The van der Waals surface area contributed by atoms with Crippen LogP contribution in [0.25, 0.3) is 11.1 Å². The van der Waals surface area contributed by atoms with Crippen molar-refractivity contribution in [1.29, 1.82) is 0 Å². The van der Waals surface area contributed by atoms with Gasteiger partial charge in [-0.1, -0.05) is 11.6 Å². The van der Waals surface area contributed by atoms with Gasteiger partial charge in [0.15, 0.2) is 6.29 Å². The smallest absolute Gasteiger partial charge is 0.166 e. The maximum absolute atomic E-state index is 10.5. The van der Waals surface area contributed by atoms with Crippen LogP contribution in [-0.4, -0.2) is 16.3 Å². The Morgan fingerprint density at radius 3 is 2.64 bits per heavy atom. The molecule has 0 fully saturated rings. The highest BCUT2D eigenvalue weighted by molar-refractivity contribution is 6.32. The van der Waals surface area contributed by atoms with E-state index in [0.29, 0.717) is 10.8 Å². The number of halogens is 1. The van der Waals surface area contributed by atoms with E-state index in [1.807, 2.05) is 12.1 Å². The van der Waals surface area contributed by atoms with Crippen molar-refractivity contribution in [2.45, 2.75) is 0 Å². The number of pyridine rings is 1. The fourth-order valence-corrected chi connectivity index (χ4v) is 1.53. The Morgan fingerprint density at radius 2 is 2.07 bits per heavy atom. The molecule has 2 rings (SSSR count). The summed E-state index contributed by atoms with van der Waals surface area (Å²) in [6, 6.07) is 5.39. The standard InChI is InChI=1S/C10H7ClN2O/c11-10-9(5-8(6-14)13-10)7-1-3-12-4-2-7/h1-6,13H. The molecule has 2 heterocycles. The molecule has 0 aromatic carbocycles. The number of nitrogens with one attached hydrogen (secondary N) is 1. The molecule has 0 aliphatic carbocycles. The van der Waals surface area contributed by atoms with Crippen molar-refractivity contribution in [2.24, 2.45) is 0 Å². The van der Waals surface area contributed by atoms with E-state index in [9.17, 15) is 4.79 Å². The lowest BCUT2D eigenvalue weighted by molar-refractivity contribution is 0.111. The topological polar surface area (TPSA) is 45.8 Å². The van der Waals surface area contributed by atoms with Crippen LogP contribution >= 0.6 is 11.6 Å². The fraction of sp³-hybridized carbons (Fsp3) is 0. The Balaban J connectivity index is 2.51. The summed E-state index contributed by atoms with van der Waals surface area (Å²) in [5.41, 5.74) is 2.23. The Hall–Kier alpha value is -1.61. The van der Waals surface area contributed by atoms with Crippen LogP contribution in [0.1, 0.15) is 10.5 Å². The van der Waals surface area contributed by atoms with E-state index in [1.165, 1.54) is 0 Å². The molecule has 0 spiro atoms. The van der Waals surface area contributed by atoms with Gasteiger partial charge in [0.1, 0.15) is 5.15 Å². The summed E-state index contributed by atoms with van der Waals surface area (Å²) < 4.78 is 0. The molecule has 0 aliphatic heterocycles. The Kier molecular flexibility index (Phi) is 2.33. The molecule has 70 valence electrons. The number of aromatic nitrogens is 2. The largest absolute Gasteiger partial charge is 0.343 e. The number of H-pyrrole nitrogens is 1. The van der Waals surface area contributed by atoms with Gasteiger partial charge in [-0.05, 0) is 23.8 Å². The van der Waals surface area contributed by atoms with Gasteiger partial charge in [-0.15, -0.1) is 0 Å². The third kappa shape index (κ3) is 1.54. The Labute approximate surface area is 85.7 Å². The molecule has 3 nitrogen and oxygen atoms in total.